The van der Waals surface area contributed by atoms with Crippen molar-refractivity contribution >= 4 is 0 Å². The molecule has 90 valence electrons. The normalized spacial score (nSPS) is 10.1. The molecular formula is C15H14N2O. The molecule has 1 heterocycles. The largest absolute Gasteiger partial charge is 0.320 e. The molecule has 0 saturated carbocycles. The summed E-state index contributed by atoms with van der Waals surface area (Å²) in [5.74, 6) is 0. The predicted molar refractivity (Wildman–Crippen MR) is 71.0 cm³/mol. The highest BCUT2D eigenvalue weighted by Crippen LogP contribution is 2.15. The van der Waals surface area contributed by atoms with E-state index in [1.807, 2.05) is 43.5 Å². The molecule has 0 saturated heterocycles. The summed E-state index contributed by atoms with van der Waals surface area (Å²) in [7, 11) is 0. The number of hydrogen-bond acceptors (Lipinski definition) is 2. The molecule has 0 aliphatic heterocycles. The van der Waals surface area contributed by atoms with Gasteiger partial charge in [-0.05, 0) is 44.0 Å². The van der Waals surface area contributed by atoms with Gasteiger partial charge in [-0.3, -0.25) is 4.79 Å². The first-order chi connectivity index (χ1) is 8.51. The van der Waals surface area contributed by atoms with Gasteiger partial charge in [-0.2, -0.15) is 5.26 Å². The Morgan fingerprint density at radius 3 is 2.22 bits per heavy atom. The maximum atomic E-state index is 11.6. The molecule has 2 rings (SSSR count). The van der Waals surface area contributed by atoms with Crippen molar-refractivity contribution in [3.63, 3.8) is 0 Å². The Kier molecular flexibility index (Phi) is 3.03. The zero-order chi connectivity index (χ0) is 13.3. The van der Waals surface area contributed by atoms with Crippen molar-refractivity contribution in [3.05, 3.63) is 63.1 Å². The van der Waals surface area contributed by atoms with Gasteiger partial charge in [0.05, 0.1) is 0 Å². The molecule has 0 radical (unpaired) electrons. The molecule has 0 unspecified atom stereocenters. The van der Waals surface area contributed by atoms with Crippen molar-refractivity contribution in [3.8, 4) is 11.8 Å². The summed E-state index contributed by atoms with van der Waals surface area (Å²) < 4.78 is 1.87. The fraction of sp³-hybridized carbons (Fsp3) is 0.200. The Balaban J connectivity index is 2.71. The highest BCUT2D eigenvalue weighted by molar-refractivity contribution is 5.42. The zero-order valence-corrected chi connectivity index (χ0v) is 10.7. The van der Waals surface area contributed by atoms with Crippen molar-refractivity contribution in [2.24, 2.45) is 0 Å². The van der Waals surface area contributed by atoms with Crippen LogP contribution in [0.4, 0.5) is 0 Å². The Morgan fingerprint density at radius 1 is 1.06 bits per heavy atom. The monoisotopic (exact) mass is 238 g/mol. The summed E-state index contributed by atoms with van der Waals surface area (Å²) in [6, 6.07) is 9.58. The number of nitriles is 1. The van der Waals surface area contributed by atoms with Gasteiger partial charge < -0.3 is 4.57 Å². The molecule has 1 aromatic heterocycles. The number of hydrogen-bond donors (Lipinski definition) is 0. The van der Waals surface area contributed by atoms with Gasteiger partial charge in [-0.1, -0.05) is 6.07 Å². The number of rotatable bonds is 1. The number of aromatic nitrogens is 1. The number of nitrogens with zero attached hydrogens (tertiary/aromatic N) is 2. The van der Waals surface area contributed by atoms with Crippen LogP contribution >= 0.6 is 0 Å². The minimum Gasteiger partial charge on any atom is -0.320 e. The fourth-order valence-corrected chi connectivity index (χ4v) is 2.08. The summed E-state index contributed by atoms with van der Waals surface area (Å²) >= 11 is 0. The Morgan fingerprint density at radius 2 is 1.67 bits per heavy atom. The highest BCUT2D eigenvalue weighted by Gasteiger charge is 2.05. The van der Waals surface area contributed by atoms with Crippen molar-refractivity contribution < 1.29 is 0 Å². The molecule has 0 spiro atoms. The first-order valence-electron chi connectivity index (χ1n) is 5.73. The summed E-state index contributed by atoms with van der Waals surface area (Å²) in [5.41, 5.74) is 4.05. The van der Waals surface area contributed by atoms with Gasteiger partial charge in [-0.25, -0.2) is 0 Å². The van der Waals surface area contributed by atoms with Crippen molar-refractivity contribution in [1.29, 1.82) is 5.26 Å². The van der Waals surface area contributed by atoms with Crippen molar-refractivity contribution in [2.45, 2.75) is 20.8 Å². The molecule has 3 heteroatoms. The molecule has 0 aliphatic carbocycles. The van der Waals surface area contributed by atoms with Gasteiger partial charge in [0, 0.05) is 23.6 Å². The van der Waals surface area contributed by atoms with Crippen LogP contribution in [-0.2, 0) is 0 Å². The third-order valence-corrected chi connectivity index (χ3v) is 2.85. The number of aryl methyl sites for hydroxylation is 3. The van der Waals surface area contributed by atoms with E-state index in [2.05, 4.69) is 6.07 Å². The van der Waals surface area contributed by atoms with E-state index < -0.39 is 0 Å². The molecule has 18 heavy (non-hydrogen) atoms. The molecular weight excluding hydrogens is 224 g/mol. The van der Waals surface area contributed by atoms with Gasteiger partial charge in [0.2, 0.25) is 0 Å². The van der Waals surface area contributed by atoms with Gasteiger partial charge in [0.1, 0.15) is 11.6 Å². The Bertz CT molecular complexity index is 685. The minimum absolute atomic E-state index is 0.166. The van der Waals surface area contributed by atoms with Crippen LogP contribution in [0.15, 0.2) is 35.3 Å². The lowest BCUT2D eigenvalue weighted by Gasteiger charge is -2.12. The summed E-state index contributed by atoms with van der Waals surface area (Å²) in [5, 5.41) is 8.93. The van der Waals surface area contributed by atoms with Crippen LogP contribution in [0.25, 0.3) is 5.69 Å². The minimum atomic E-state index is -0.226. The van der Waals surface area contributed by atoms with Crippen molar-refractivity contribution in [2.75, 3.05) is 0 Å². The van der Waals surface area contributed by atoms with E-state index in [9.17, 15) is 4.79 Å². The van der Waals surface area contributed by atoms with E-state index in [0.717, 1.165) is 22.5 Å². The van der Waals surface area contributed by atoms with Gasteiger partial charge in [0.15, 0.2) is 5.43 Å². The van der Waals surface area contributed by atoms with E-state index in [-0.39, 0.29) is 11.0 Å². The van der Waals surface area contributed by atoms with E-state index in [1.165, 1.54) is 6.07 Å². The molecule has 0 fully saturated rings. The molecule has 0 amide bonds. The lowest BCUT2D eigenvalue weighted by atomic mass is 10.1. The Labute approximate surface area is 106 Å². The smallest absolute Gasteiger partial charge is 0.199 e. The molecule has 2 aromatic rings. The van der Waals surface area contributed by atoms with Crippen molar-refractivity contribution in [1.82, 2.24) is 4.57 Å². The average molecular weight is 238 g/mol. The average Bonchev–Trinajstić information content (AvgIpc) is 2.27. The summed E-state index contributed by atoms with van der Waals surface area (Å²) in [4.78, 5) is 11.6. The van der Waals surface area contributed by atoms with E-state index in [0.29, 0.717) is 0 Å². The van der Waals surface area contributed by atoms with Gasteiger partial charge in [0.25, 0.3) is 0 Å². The summed E-state index contributed by atoms with van der Waals surface area (Å²) in [6.07, 6.45) is 1.60. The van der Waals surface area contributed by atoms with E-state index in [1.54, 1.807) is 6.20 Å². The maximum Gasteiger partial charge on any atom is 0.199 e. The van der Waals surface area contributed by atoms with Crippen LogP contribution in [0.2, 0.25) is 0 Å². The van der Waals surface area contributed by atoms with Gasteiger partial charge in [-0.15, -0.1) is 0 Å². The van der Waals surface area contributed by atoms with Crippen LogP contribution in [0.3, 0.4) is 0 Å². The maximum absolute atomic E-state index is 11.6. The quantitative estimate of drug-likeness (QED) is 0.766. The van der Waals surface area contributed by atoms with Crippen LogP contribution in [0, 0.1) is 32.1 Å². The second-order valence-corrected chi connectivity index (χ2v) is 4.52. The molecule has 0 aliphatic rings. The molecule has 1 aromatic carbocycles. The van der Waals surface area contributed by atoms with E-state index >= 15 is 0 Å². The first kappa shape index (κ1) is 12.1. The zero-order valence-electron chi connectivity index (χ0n) is 10.7. The van der Waals surface area contributed by atoms with Gasteiger partial charge >= 0.3 is 0 Å². The third kappa shape index (κ3) is 2.18. The topological polar surface area (TPSA) is 45.8 Å². The predicted octanol–water partition coefficient (Wildman–Crippen LogP) is 2.63. The number of pyridine rings is 1. The standard InChI is InChI=1S/C15H14N2O/c1-10-4-11(2)6-14(5-10)17-9-13(8-16)15(18)7-12(17)3/h4-7,9H,1-3H3. The van der Waals surface area contributed by atoms with Crippen LogP contribution in [-0.4, -0.2) is 4.57 Å². The third-order valence-electron chi connectivity index (χ3n) is 2.85. The van der Waals surface area contributed by atoms with E-state index in [4.69, 9.17) is 5.26 Å². The lowest BCUT2D eigenvalue weighted by Crippen LogP contribution is -2.12. The Hall–Kier alpha value is -2.34. The van der Waals surface area contributed by atoms with Crippen LogP contribution < -0.4 is 5.43 Å². The fourth-order valence-electron chi connectivity index (χ4n) is 2.08. The second kappa shape index (κ2) is 4.50. The molecule has 0 atom stereocenters. The second-order valence-electron chi connectivity index (χ2n) is 4.52. The van der Waals surface area contributed by atoms with Crippen LogP contribution in [0.5, 0.6) is 0 Å². The SMILES string of the molecule is Cc1cc(C)cc(-n2cc(C#N)c(=O)cc2C)c1. The summed E-state index contributed by atoms with van der Waals surface area (Å²) in [6.45, 7) is 5.92. The molecule has 0 N–H and O–H groups in total. The lowest BCUT2D eigenvalue weighted by molar-refractivity contribution is 0.963. The van der Waals surface area contributed by atoms with Crippen LogP contribution in [0.1, 0.15) is 22.4 Å². The number of benzene rings is 1. The molecule has 3 nitrogen and oxygen atoms in total. The molecule has 0 bridgehead atoms. The first-order valence-corrected chi connectivity index (χ1v) is 5.73. The highest BCUT2D eigenvalue weighted by atomic mass is 16.1.